The Bertz CT molecular complexity index is 948. The fraction of sp³-hybridized carbons (Fsp3) is 0.407. The highest BCUT2D eigenvalue weighted by molar-refractivity contribution is 5.84. The monoisotopic (exact) mass is 434 g/mol. The number of ether oxygens (including phenoxy) is 1. The van der Waals surface area contributed by atoms with Crippen LogP contribution < -0.4 is 5.32 Å². The number of carbonyl (C=O) groups excluding carboxylic acids is 2. The molecule has 32 heavy (non-hydrogen) atoms. The molecule has 0 fully saturated rings. The summed E-state index contributed by atoms with van der Waals surface area (Å²) in [7, 11) is 0. The van der Waals surface area contributed by atoms with Crippen LogP contribution in [0.4, 0.5) is 16.2 Å². The lowest BCUT2D eigenvalue weighted by atomic mass is 9.81. The molecule has 1 N–H and O–H groups in total. The number of isocyanates is 1. The second-order valence-corrected chi connectivity index (χ2v) is 10.1. The molecule has 170 valence electrons. The Morgan fingerprint density at radius 1 is 1.03 bits per heavy atom. The third-order valence-corrected chi connectivity index (χ3v) is 5.14. The molecule has 0 spiro atoms. The lowest BCUT2D eigenvalue weighted by Gasteiger charge is -2.31. The molecule has 0 aliphatic heterocycles. The zero-order valence-corrected chi connectivity index (χ0v) is 19.8. The molecule has 0 aromatic heterocycles. The fourth-order valence-electron chi connectivity index (χ4n) is 3.49. The first kappa shape index (κ1) is 25.1. The van der Waals surface area contributed by atoms with Crippen molar-refractivity contribution in [3.05, 3.63) is 72.3 Å². The third kappa shape index (κ3) is 8.91. The van der Waals surface area contributed by atoms with Crippen molar-refractivity contribution < 1.29 is 14.3 Å². The summed E-state index contributed by atoms with van der Waals surface area (Å²) < 4.78 is 5.79. The van der Waals surface area contributed by atoms with Gasteiger partial charge in [0.05, 0.1) is 5.69 Å². The minimum absolute atomic E-state index is 0.0433. The lowest BCUT2D eigenvalue weighted by Crippen LogP contribution is -2.30. The molecule has 5 nitrogen and oxygen atoms in total. The van der Waals surface area contributed by atoms with Crippen LogP contribution in [0.25, 0.3) is 0 Å². The van der Waals surface area contributed by atoms with E-state index in [4.69, 9.17) is 4.74 Å². The van der Waals surface area contributed by atoms with Gasteiger partial charge in [0.2, 0.25) is 6.08 Å². The SMILES string of the molecule is C=CC(C)(C)CC(CC(C)(C)C)OC(=O)Nc1ccc(Cc2ccc(N=C=O)cc2)cc1. The van der Waals surface area contributed by atoms with E-state index in [1.165, 1.54) is 6.08 Å². The zero-order valence-electron chi connectivity index (χ0n) is 19.8. The van der Waals surface area contributed by atoms with Gasteiger partial charge in [-0.05, 0) is 65.5 Å². The van der Waals surface area contributed by atoms with Crippen molar-refractivity contribution in [2.24, 2.45) is 15.8 Å². The molecule has 1 unspecified atom stereocenters. The molecule has 0 heterocycles. The normalized spacial score (nSPS) is 12.4. The predicted octanol–water partition coefficient (Wildman–Crippen LogP) is 7.20. The van der Waals surface area contributed by atoms with Crippen LogP contribution in [0.1, 0.15) is 58.6 Å². The molecule has 1 atom stereocenters. The number of carbonyl (C=O) groups is 1. The summed E-state index contributed by atoms with van der Waals surface area (Å²) >= 11 is 0. The number of amides is 1. The fourth-order valence-corrected chi connectivity index (χ4v) is 3.49. The molecule has 0 aliphatic carbocycles. The summed E-state index contributed by atoms with van der Waals surface area (Å²) in [5.41, 5.74) is 3.41. The number of allylic oxidation sites excluding steroid dienone is 1. The van der Waals surface area contributed by atoms with Gasteiger partial charge in [-0.25, -0.2) is 9.59 Å². The van der Waals surface area contributed by atoms with Gasteiger partial charge in [0.15, 0.2) is 0 Å². The van der Waals surface area contributed by atoms with Crippen LogP contribution in [-0.2, 0) is 16.0 Å². The van der Waals surface area contributed by atoms with Crippen molar-refractivity contribution in [2.45, 2.75) is 60.0 Å². The van der Waals surface area contributed by atoms with Crippen LogP contribution in [0.5, 0.6) is 0 Å². The lowest BCUT2D eigenvalue weighted by molar-refractivity contribution is 0.0604. The number of hydrogen-bond acceptors (Lipinski definition) is 4. The largest absolute Gasteiger partial charge is 0.446 e. The first-order valence-electron chi connectivity index (χ1n) is 10.9. The van der Waals surface area contributed by atoms with Crippen molar-refractivity contribution in [1.82, 2.24) is 0 Å². The van der Waals surface area contributed by atoms with E-state index < -0.39 is 6.09 Å². The Labute approximate surface area is 191 Å². The van der Waals surface area contributed by atoms with Gasteiger partial charge in [-0.2, -0.15) is 4.99 Å². The maximum absolute atomic E-state index is 12.5. The number of rotatable bonds is 9. The van der Waals surface area contributed by atoms with Gasteiger partial charge in [-0.1, -0.05) is 65.0 Å². The summed E-state index contributed by atoms with van der Waals surface area (Å²) in [6, 6.07) is 15.1. The summed E-state index contributed by atoms with van der Waals surface area (Å²) in [5, 5.41) is 2.84. The second kappa shape index (κ2) is 10.9. The molecule has 2 rings (SSSR count). The number of hydrogen-bond donors (Lipinski definition) is 1. The van der Waals surface area contributed by atoms with E-state index in [1.807, 2.05) is 42.5 Å². The molecular weight excluding hydrogens is 400 g/mol. The number of aliphatic imine (C=N–C) groups is 1. The average Bonchev–Trinajstić information content (AvgIpc) is 2.69. The van der Waals surface area contributed by atoms with E-state index in [-0.39, 0.29) is 16.9 Å². The van der Waals surface area contributed by atoms with E-state index in [0.717, 1.165) is 30.4 Å². The summed E-state index contributed by atoms with van der Waals surface area (Å²) in [6.45, 7) is 14.5. The van der Waals surface area contributed by atoms with Crippen molar-refractivity contribution in [2.75, 3.05) is 5.32 Å². The topological polar surface area (TPSA) is 67.8 Å². The van der Waals surface area contributed by atoms with Crippen molar-refractivity contribution >= 4 is 23.5 Å². The Morgan fingerprint density at radius 2 is 1.59 bits per heavy atom. The van der Waals surface area contributed by atoms with Crippen molar-refractivity contribution in [3.8, 4) is 0 Å². The molecule has 0 saturated heterocycles. The van der Waals surface area contributed by atoms with Crippen LogP contribution in [0.15, 0.2) is 66.2 Å². The molecule has 0 radical (unpaired) electrons. The number of nitrogens with zero attached hydrogens (tertiary/aromatic N) is 1. The number of benzene rings is 2. The molecular formula is C27H34N2O3. The van der Waals surface area contributed by atoms with Gasteiger partial charge in [-0.3, -0.25) is 5.32 Å². The maximum atomic E-state index is 12.5. The Morgan fingerprint density at radius 3 is 2.09 bits per heavy atom. The summed E-state index contributed by atoms with van der Waals surface area (Å²) in [6.07, 6.45) is 5.03. The van der Waals surface area contributed by atoms with Gasteiger partial charge >= 0.3 is 6.09 Å². The van der Waals surface area contributed by atoms with Gasteiger partial charge in [-0.15, -0.1) is 6.58 Å². The van der Waals surface area contributed by atoms with Crippen LogP contribution in [-0.4, -0.2) is 18.3 Å². The maximum Gasteiger partial charge on any atom is 0.411 e. The van der Waals surface area contributed by atoms with E-state index in [2.05, 4.69) is 51.5 Å². The Balaban J connectivity index is 1.97. The molecule has 0 bridgehead atoms. The van der Waals surface area contributed by atoms with Crippen molar-refractivity contribution in [3.63, 3.8) is 0 Å². The highest BCUT2D eigenvalue weighted by Gasteiger charge is 2.27. The van der Waals surface area contributed by atoms with Crippen LogP contribution in [0.2, 0.25) is 0 Å². The number of nitrogens with one attached hydrogen (secondary N) is 1. The molecule has 5 heteroatoms. The van der Waals surface area contributed by atoms with Crippen LogP contribution >= 0.6 is 0 Å². The van der Waals surface area contributed by atoms with E-state index in [9.17, 15) is 9.59 Å². The minimum atomic E-state index is -0.446. The second-order valence-electron chi connectivity index (χ2n) is 10.1. The molecule has 1 amide bonds. The van der Waals surface area contributed by atoms with Crippen LogP contribution in [0.3, 0.4) is 0 Å². The molecule has 2 aromatic rings. The highest BCUT2D eigenvalue weighted by Crippen LogP contribution is 2.31. The minimum Gasteiger partial charge on any atom is -0.446 e. The Hall–Kier alpha value is -3.17. The van der Waals surface area contributed by atoms with E-state index in [1.54, 1.807) is 12.1 Å². The molecule has 2 aromatic carbocycles. The van der Waals surface area contributed by atoms with Gasteiger partial charge in [0.1, 0.15) is 6.10 Å². The zero-order chi connectivity index (χ0) is 23.8. The van der Waals surface area contributed by atoms with E-state index >= 15 is 0 Å². The van der Waals surface area contributed by atoms with Gasteiger partial charge in [0, 0.05) is 5.69 Å². The first-order chi connectivity index (χ1) is 15.0. The summed E-state index contributed by atoms with van der Waals surface area (Å²) in [4.78, 5) is 26.5. The number of anilines is 1. The van der Waals surface area contributed by atoms with Crippen molar-refractivity contribution in [1.29, 1.82) is 0 Å². The average molecular weight is 435 g/mol. The van der Waals surface area contributed by atoms with E-state index in [0.29, 0.717) is 11.4 Å². The smallest absolute Gasteiger partial charge is 0.411 e. The highest BCUT2D eigenvalue weighted by atomic mass is 16.6. The third-order valence-electron chi connectivity index (χ3n) is 5.14. The van der Waals surface area contributed by atoms with Crippen LogP contribution in [0, 0.1) is 10.8 Å². The molecule has 0 aliphatic rings. The summed E-state index contributed by atoms with van der Waals surface area (Å²) in [5.74, 6) is 0. The van der Waals surface area contributed by atoms with Gasteiger partial charge in [0.25, 0.3) is 0 Å². The Kier molecular flexibility index (Phi) is 8.56. The standard InChI is InChI=1S/C27H34N2O3/c1-7-27(5,6)18-24(17-26(2,3)4)32-25(31)29-23-14-10-21(11-15-23)16-20-8-12-22(13-9-20)28-19-30/h7-15,24H,1,16-18H2,2-6H3,(H,29,31). The molecule has 0 saturated carbocycles. The predicted molar refractivity (Wildman–Crippen MR) is 130 cm³/mol. The first-order valence-corrected chi connectivity index (χ1v) is 10.9. The quantitative estimate of drug-likeness (QED) is 0.258. The van der Waals surface area contributed by atoms with Gasteiger partial charge < -0.3 is 4.74 Å².